The van der Waals surface area contributed by atoms with Gasteiger partial charge in [-0.3, -0.25) is 4.79 Å². The Morgan fingerprint density at radius 2 is 1.09 bits per heavy atom. The van der Waals surface area contributed by atoms with Crippen LogP contribution in [0, 0.1) is 0 Å². The van der Waals surface area contributed by atoms with Gasteiger partial charge in [-0.15, -0.1) is 0 Å². The summed E-state index contributed by atoms with van der Waals surface area (Å²) in [5.41, 5.74) is 0. The molecule has 34 heavy (non-hydrogen) atoms. The van der Waals surface area contributed by atoms with Crippen LogP contribution in [-0.4, -0.2) is 75.0 Å². The molecule has 0 aromatic heterocycles. The molecule has 0 aliphatic carbocycles. The summed E-state index contributed by atoms with van der Waals surface area (Å²) < 4.78 is 39.5. The number of carbonyl (C=O) groups excluding carboxylic acids is 1. The van der Waals surface area contributed by atoms with Gasteiger partial charge in [-0.2, -0.15) is 0 Å². The largest absolute Gasteiger partial charge is 0.497 e. The number of benzene rings is 2. The number of rotatable bonds is 13. The highest BCUT2D eigenvalue weighted by Gasteiger charge is 2.46. The summed E-state index contributed by atoms with van der Waals surface area (Å²) >= 11 is 0. The molecular weight excluding hydrogens is 460 g/mol. The molecule has 0 radical (unpaired) electrons. The minimum absolute atomic E-state index is 0.123. The van der Waals surface area contributed by atoms with Crippen LogP contribution in [0.3, 0.4) is 0 Å². The van der Waals surface area contributed by atoms with Gasteiger partial charge in [0.25, 0.3) is 0 Å². The van der Waals surface area contributed by atoms with E-state index < -0.39 is 14.0 Å². The lowest BCUT2D eigenvalue weighted by Gasteiger charge is -2.36. The Morgan fingerprint density at radius 3 is 1.35 bits per heavy atom. The van der Waals surface area contributed by atoms with E-state index in [2.05, 4.69) is 0 Å². The molecule has 2 rings (SSSR count). The van der Waals surface area contributed by atoms with E-state index in [1.807, 2.05) is 0 Å². The van der Waals surface area contributed by atoms with Gasteiger partial charge < -0.3 is 38.3 Å². The quantitative estimate of drug-likeness (QED) is 0.330. The molecule has 0 spiro atoms. The van der Waals surface area contributed by atoms with Crippen LogP contribution in [0.5, 0.6) is 34.5 Å². The van der Waals surface area contributed by atoms with Crippen molar-refractivity contribution in [2.75, 3.05) is 55.9 Å². The third kappa shape index (κ3) is 5.50. The third-order valence-electron chi connectivity index (χ3n) is 5.76. The van der Waals surface area contributed by atoms with Gasteiger partial charge in [-0.1, -0.05) is 0 Å². The normalized spacial score (nSPS) is 10.9. The number of ether oxygens (including phenoxy) is 7. The molecule has 1 N–H and O–H groups in total. The van der Waals surface area contributed by atoms with Gasteiger partial charge in [0.15, 0.2) is 0 Å². The van der Waals surface area contributed by atoms with Gasteiger partial charge in [0.05, 0.1) is 49.3 Å². The van der Waals surface area contributed by atoms with Gasteiger partial charge >= 0.3 is 5.97 Å². The molecule has 2 aromatic carbocycles. The van der Waals surface area contributed by atoms with E-state index in [0.717, 1.165) is 10.4 Å². The lowest BCUT2D eigenvalue weighted by molar-refractivity contribution is -0.140. The second-order valence-electron chi connectivity index (χ2n) is 7.46. The molecule has 0 saturated heterocycles. The number of hydrogen-bond acceptors (Lipinski definition) is 9. The summed E-state index contributed by atoms with van der Waals surface area (Å²) in [5, 5.41) is 11.8. The topological polar surface area (TPSA) is 102 Å². The summed E-state index contributed by atoms with van der Waals surface area (Å²) in [6, 6.07) is 7.84. The number of aliphatic hydroxyl groups excluding tert-OH is 1. The minimum atomic E-state index is -3.09. The Labute approximate surface area is 201 Å². The highest BCUT2D eigenvalue weighted by atomic mass is 28.3. The van der Waals surface area contributed by atoms with Gasteiger partial charge in [-0.25, -0.2) is 0 Å². The zero-order valence-corrected chi connectivity index (χ0v) is 21.9. The van der Waals surface area contributed by atoms with Crippen molar-refractivity contribution in [3.63, 3.8) is 0 Å². The average Bonchev–Trinajstić information content (AvgIpc) is 2.86. The zero-order chi connectivity index (χ0) is 25.3. The lowest BCUT2D eigenvalue weighted by atomic mass is 10.3. The first-order valence-electron chi connectivity index (χ1n) is 10.7. The molecule has 0 aliphatic heterocycles. The zero-order valence-electron chi connectivity index (χ0n) is 20.9. The number of esters is 1. The summed E-state index contributed by atoms with van der Waals surface area (Å²) in [6.07, 6.45) is 0. The van der Waals surface area contributed by atoms with Crippen LogP contribution < -0.4 is 38.8 Å². The van der Waals surface area contributed by atoms with E-state index in [0.29, 0.717) is 46.6 Å². The van der Waals surface area contributed by atoms with E-state index in [-0.39, 0.29) is 13.2 Å². The predicted molar refractivity (Wildman–Crippen MR) is 131 cm³/mol. The first-order valence-corrected chi connectivity index (χ1v) is 13.1. The lowest BCUT2D eigenvalue weighted by Crippen LogP contribution is -2.60. The van der Waals surface area contributed by atoms with Crippen molar-refractivity contribution in [1.29, 1.82) is 0 Å². The number of methoxy groups -OCH3 is 6. The Balaban J connectivity index is 3.02. The van der Waals surface area contributed by atoms with Gasteiger partial charge in [0.2, 0.25) is 0 Å². The van der Waals surface area contributed by atoms with E-state index in [4.69, 9.17) is 33.2 Å². The number of carbonyl (C=O) groups is 1. The molecule has 0 unspecified atom stereocenters. The van der Waals surface area contributed by atoms with Crippen molar-refractivity contribution in [3.8, 4) is 34.5 Å². The van der Waals surface area contributed by atoms with Crippen molar-refractivity contribution >= 4 is 24.4 Å². The fourth-order valence-electron chi connectivity index (χ4n) is 4.26. The third-order valence-corrected chi connectivity index (χ3v) is 10.8. The number of aliphatic hydroxyl groups is 1. The summed E-state index contributed by atoms with van der Waals surface area (Å²) in [6.45, 7) is 1.35. The Morgan fingerprint density at radius 1 is 0.706 bits per heavy atom. The van der Waals surface area contributed by atoms with E-state index in [1.165, 1.54) is 6.92 Å². The first kappa shape index (κ1) is 27.1. The second-order valence-corrected chi connectivity index (χ2v) is 11.6. The fourth-order valence-corrected chi connectivity index (χ4v) is 9.18. The summed E-state index contributed by atoms with van der Waals surface area (Å²) in [5.74, 6) is 2.82. The molecule has 188 valence electrons. The van der Waals surface area contributed by atoms with Crippen LogP contribution in [-0.2, 0) is 9.53 Å². The van der Waals surface area contributed by atoms with Crippen LogP contribution in [0.4, 0.5) is 0 Å². The second kappa shape index (κ2) is 12.4. The fraction of sp³-hybridized carbons (Fsp3) is 0.458. The molecule has 9 nitrogen and oxygen atoms in total. The van der Waals surface area contributed by atoms with E-state index in [1.54, 1.807) is 66.9 Å². The maximum absolute atomic E-state index is 11.6. The molecule has 0 bridgehead atoms. The van der Waals surface area contributed by atoms with Crippen LogP contribution in [0.25, 0.3) is 0 Å². The maximum atomic E-state index is 11.6. The Kier molecular flexibility index (Phi) is 9.88. The van der Waals surface area contributed by atoms with E-state index >= 15 is 0 Å². The standard InChI is InChI=1S/C24H34O9Si/c1-16(26)33-9-11-34(10-8-25,23-19(29-4)12-17(27-2)13-20(23)30-5)24-21(31-6)14-18(28-3)15-22(24)32-7/h12-15,25H,8-11H2,1-7H3. The monoisotopic (exact) mass is 494 g/mol. The summed E-state index contributed by atoms with van der Waals surface area (Å²) in [4.78, 5) is 11.6. The van der Waals surface area contributed by atoms with E-state index in [9.17, 15) is 9.90 Å². The first-order chi connectivity index (χ1) is 16.3. The molecule has 0 aliphatic rings. The van der Waals surface area contributed by atoms with Crippen LogP contribution in [0.2, 0.25) is 12.1 Å². The average molecular weight is 495 g/mol. The van der Waals surface area contributed by atoms with Crippen molar-refractivity contribution in [2.45, 2.75) is 19.0 Å². The highest BCUT2D eigenvalue weighted by molar-refractivity contribution is 7.04. The Bertz CT molecular complexity index is 863. The van der Waals surface area contributed by atoms with Gasteiger partial charge in [-0.05, 0) is 12.1 Å². The van der Waals surface area contributed by atoms with Crippen LogP contribution >= 0.6 is 0 Å². The minimum Gasteiger partial charge on any atom is -0.497 e. The molecule has 2 aromatic rings. The predicted octanol–water partition coefficient (Wildman–Crippen LogP) is 1.86. The van der Waals surface area contributed by atoms with Gasteiger partial charge in [0.1, 0.15) is 42.6 Å². The molecule has 0 fully saturated rings. The molecular formula is C24H34O9Si. The molecule has 0 amide bonds. The maximum Gasteiger partial charge on any atom is 0.302 e. The van der Waals surface area contributed by atoms with Gasteiger partial charge in [0, 0.05) is 48.2 Å². The molecule has 0 saturated carbocycles. The van der Waals surface area contributed by atoms with Crippen molar-refractivity contribution in [3.05, 3.63) is 24.3 Å². The smallest absolute Gasteiger partial charge is 0.302 e. The SMILES string of the molecule is COc1cc(OC)c([Si](CCO)(CCOC(C)=O)c2c(OC)cc(OC)cc2OC)c(OC)c1. The summed E-state index contributed by atoms with van der Waals surface area (Å²) in [7, 11) is 6.27. The molecule has 0 atom stereocenters. The van der Waals surface area contributed by atoms with Crippen molar-refractivity contribution in [2.24, 2.45) is 0 Å². The van der Waals surface area contributed by atoms with Crippen LogP contribution in [0.1, 0.15) is 6.92 Å². The van der Waals surface area contributed by atoms with Crippen LogP contribution in [0.15, 0.2) is 24.3 Å². The highest BCUT2D eigenvalue weighted by Crippen LogP contribution is 2.37. The van der Waals surface area contributed by atoms with Crippen molar-refractivity contribution < 1.29 is 43.1 Å². The Hall–Kier alpha value is -3.11. The molecule has 10 heteroatoms. The number of hydrogen-bond donors (Lipinski definition) is 1. The molecule has 0 heterocycles. The van der Waals surface area contributed by atoms with Crippen molar-refractivity contribution in [1.82, 2.24) is 0 Å².